The Kier molecular flexibility index (Phi) is 5.08. The van der Waals surface area contributed by atoms with Gasteiger partial charge in [-0.2, -0.15) is 0 Å². The predicted molar refractivity (Wildman–Crippen MR) is 104 cm³/mol. The largest absolute Gasteiger partial charge is 0.378 e. The monoisotopic (exact) mass is 335 g/mol. The quantitative estimate of drug-likeness (QED) is 0.714. The van der Waals surface area contributed by atoms with Crippen molar-refractivity contribution in [2.45, 2.75) is 25.8 Å². The lowest BCUT2D eigenvalue weighted by molar-refractivity contribution is -0.121. The molecule has 0 radical (unpaired) electrons. The van der Waals surface area contributed by atoms with Gasteiger partial charge in [0.2, 0.25) is 5.91 Å². The number of para-hydroxylation sites is 1. The summed E-state index contributed by atoms with van der Waals surface area (Å²) in [7, 11) is 4.03. The first-order valence-corrected chi connectivity index (χ1v) is 8.66. The van der Waals surface area contributed by atoms with Crippen LogP contribution in [0.4, 0.5) is 5.69 Å². The highest BCUT2D eigenvalue weighted by molar-refractivity contribution is 5.84. The number of rotatable bonds is 6. The molecule has 1 heterocycles. The van der Waals surface area contributed by atoms with Gasteiger partial charge in [-0.15, -0.1) is 0 Å². The number of nitrogens with zero attached hydrogens (tertiary/aromatic N) is 1. The van der Waals surface area contributed by atoms with Gasteiger partial charge in [0.25, 0.3) is 0 Å². The van der Waals surface area contributed by atoms with Crippen LogP contribution in [0.3, 0.4) is 0 Å². The van der Waals surface area contributed by atoms with Crippen molar-refractivity contribution in [3.63, 3.8) is 0 Å². The summed E-state index contributed by atoms with van der Waals surface area (Å²) in [6.45, 7) is 2.03. The summed E-state index contributed by atoms with van der Waals surface area (Å²) < 4.78 is 0. The molecule has 0 aliphatic carbocycles. The molecule has 25 heavy (non-hydrogen) atoms. The molecule has 0 fully saturated rings. The Balaban J connectivity index is 1.59. The highest BCUT2D eigenvalue weighted by Gasteiger charge is 2.12. The molecule has 1 amide bonds. The molecule has 1 unspecified atom stereocenters. The van der Waals surface area contributed by atoms with Crippen molar-refractivity contribution in [1.82, 2.24) is 10.3 Å². The fourth-order valence-electron chi connectivity index (χ4n) is 3.06. The van der Waals surface area contributed by atoms with E-state index >= 15 is 0 Å². The standard InChI is InChI=1S/C21H25N3O/c1-15(16-7-6-8-18(13-16)24(2)3)23-21(25)12-11-17-14-22-20-10-5-4-9-19(17)20/h4-10,13-15,22H,11-12H2,1-3H3,(H,23,25). The summed E-state index contributed by atoms with van der Waals surface area (Å²) >= 11 is 0. The van der Waals surface area contributed by atoms with Crippen LogP contribution in [0.2, 0.25) is 0 Å². The van der Waals surface area contributed by atoms with Crippen LogP contribution in [-0.4, -0.2) is 25.0 Å². The first-order valence-electron chi connectivity index (χ1n) is 8.66. The molecule has 4 nitrogen and oxygen atoms in total. The van der Waals surface area contributed by atoms with E-state index in [2.05, 4.69) is 45.5 Å². The molecular formula is C21H25N3O. The minimum Gasteiger partial charge on any atom is -0.378 e. The molecule has 2 N–H and O–H groups in total. The molecule has 1 aromatic heterocycles. The third-order valence-electron chi connectivity index (χ3n) is 4.56. The van der Waals surface area contributed by atoms with Gasteiger partial charge in [-0.25, -0.2) is 0 Å². The van der Waals surface area contributed by atoms with Crippen molar-refractivity contribution in [3.05, 3.63) is 65.9 Å². The van der Waals surface area contributed by atoms with Crippen molar-refractivity contribution < 1.29 is 4.79 Å². The number of fused-ring (bicyclic) bond motifs is 1. The molecule has 0 saturated heterocycles. The number of carbonyl (C=O) groups is 1. The number of hydrogen-bond donors (Lipinski definition) is 2. The van der Waals surface area contributed by atoms with Gasteiger partial charge in [-0.3, -0.25) is 4.79 Å². The van der Waals surface area contributed by atoms with Gasteiger partial charge in [0, 0.05) is 43.3 Å². The zero-order chi connectivity index (χ0) is 17.8. The minimum absolute atomic E-state index is 0.00429. The lowest BCUT2D eigenvalue weighted by Crippen LogP contribution is -2.27. The number of benzene rings is 2. The molecular weight excluding hydrogens is 310 g/mol. The summed E-state index contributed by atoms with van der Waals surface area (Å²) in [5.41, 5.74) is 4.56. The van der Waals surface area contributed by atoms with Gasteiger partial charge < -0.3 is 15.2 Å². The fraction of sp³-hybridized carbons (Fsp3) is 0.286. The number of nitrogens with one attached hydrogen (secondary N) is 2. The van der Waals surface area contributed by atoms with Crippen LogP contribution in [0.5, 0.6) is 0 Å². The molecule has 3 aromatic rings. The maximum absolute atomic E-state index is 12.3. The first-order chi connectivity index (χ1) is 12.0. The Bertz CT molecular complexity index is 866. The van der Waals surface area contributed by atoms with Gasteiger partial charge in [-0.05, 0) is 42.7 Å². The molecule has 3 rings (SSSR count). The average Bonchev–Trinajstić information content (AvgIpc) is 3.03. The second-order valence-corrected chi connectivity index (χ2v) is 6.64. The average molecular weight is 335 g/mol. The molecule has 0 aliphatic rings. The fourth-order valence-corrected chi connectivity index (χ4v) is 3.06. The van der Waals surface area contributed by atoms with Gasteiger partial charge in [0.05, 0.1) is 6.04 Å². The third kappa shape index (κ3) is 4.02. The van der Waals surface area contributed by atoms with Gasteiger partial charge >= 0.3 is 0 Å². The molecule has 1 atom stereocenters. The van der Waals surface area contributed by atoms with E-state index in [9.17, 15) is 4.79 Å². The van der Waals surface area contributed by atoms with Crippen molar-refractivity contribution in [2.24, 2.45) is 0 Å². The summed E-state index contributed by atoms with van der Waals surface area (Å²) in [4.78, 5) is 17.7. The lowest BCUT2D eigenvalue weighted by Gasteiger charge is -2.18. The van der Waals surface area contributed by atoms with E-state index in [0.717, 1.165) is 23.2 Å². The number of amides is 1. The van der Waals surface area contributed by atoms with Crippen LogP contribution in [0.25, 0.3) is 10.9 Å². The van der Waals surface area contributed by atoms with Crippen LogP contribution >= 0.6 is 0 Å². The predicted octanol–water partition coefficient (Wildman–Crippen LogP) is 4.04. The highest BCUT2D eigenvalue weighted by atomic mass is 16.1. The molecule has 0 saturated carbocycles. The van der Waals surface area contributed by atoms with Crippen LogP contribution in [0.1, 0.15) is 30.5 Å². The lowest BCUT2D eigenvalue weighted by atomic mass is 10.1. The Hall–Kier alpha value is -2.75. The van der Waals surface area contributed by atoms with Crippen molar-refractivity contribution in [2.75, 3.05) is 19.0 Å². The molecule has 0 bridgehead atoms. The zero-order valence-corrected chi connectivity index (χ0v) is 15.0. The third-order valence-corrected chi connectivity index (χ3v) is 4.56. The van der Waals surface area contributed by atoms with E-state index in [1.807, 2.05) is 45.4 Å². The van der Waals surface area contributed by atoms with Crippen LogP contribution in [0.15, 0.2) is 54.7 Å². The maximum Gasteiger partial charge on any atom is 0.220 e. The zero-order valence-electron chi connectivity index (χ0n) is 15.0. The molecule has 0 spiro atoms. The van der Waals surface area contributed by atoms with E-state index in [0.29, 0.717) is 6.42 Å². The Morgan fingerprint density at radius 3 is 2.76 bits per heavy atom. The first kappa shape index (κ1) is 17.1. The number of hydrogen-bond acceptors (Lipinski definition) is 2. The Morgan fingerprint density at radius 2 is 1.96 bits per heavy atom. The van der Waals surface area contributed by atoms with Crippen molar-refractivity contribution in [3.8, 4) is 0 Å². The van der Waals surface area contributed by atoms with E-state index < -0.39 is 0 Å². The topological polar surface area (TPSA) is 48.1 Å². The normalized spacial score (nSPS) is 12.1. The Labute approximate surface area is 148 Å². The summed E-state index contributed by atoms with van der Waals surface area (Å²) in [5, 5.41) is 4.30. The van der Waals surface area contributed by atoms with E-state index in [-0.39, 0.29) is 11.9 Å². The molecule has 130 valence electrons. The number of aromatic amines is 1. The Morgan fingerprint density at radius 1 is 1.16 bits per heavy atom. The van der Waals surface area contributed by atoms with Gasteiger partial charge in [-0.1, -0.05) is 30.3 Å². The summed E-state index contributed by atoms with van der Waals surface area (Å²) in [5.74, 6) is 0.0769. The summed E-state index contributed by atoms with van der Waals surface area (Å²) in [6.07, 6.45) is 3.22. The molecule has 4 heteroatoms. The van der Waals surface area contributed by atoms with Crippen LogP contribution < -0.4 is 10.2 Å². The van der Waals surface area contributed by atoms with Gasteiger partial charge in [0.15, 0.2) is 0 Å². The molecule has 2 aromatic carbocycles. The summed E-state index contributed by atoms with van der Waals surface area (Å²) in [6, 6.07) is 16.4. The van der Waals surface area contributed by atoms with Crippen LogP contribution in [-0.2, 0) is 11.2 Å². The van der Waals surface area contributed by atoms with Crippen molar-refractivity contribution in [1.29, 1.82) is 0 Å². The van der Waals surface area contributed by atoms with E-state index in [1.165, 1.54) is 10.9 Å². The number of H-pyrrole nitrogens is 1. The smallest absolute Gasteiger partial charge is 0.220 e. The number of aromatic nitrogens is 1. The van der Waals surface area contributed by atoms with E-state index in [1.54, 1.807) is 0 Å². The second kappa shape index (κ2) is 7.43. The highest BCUT2D eigenvalue weighted by Crippen LogP contribution is 2.21. The van der Waals surface area contributed by atoms with E-state index in [4.69, 9.17) is 0 Å². The maximum atomic E-state index is 12.3. The van der Waals surface area contributed by atoms with Gasteiger partial charge in [0.1, 0.15) is 0 Å². The number of aryl methyl sites for hydroxylation is 1. The SMILES string of the molecule is CC(NC(=O)CCc1c[nH]c2ccccc12)c1cccc(N(C)C)c1. The number of carbonyl (C=O) groups excluding carboxylic acids is 1. The van der Waals surface area contributed by atoms with Crippen LogP contribution in [0, 0.1) is 0 Å². The van der Waals surface area contributed by atoms with Crippen molar-refractivity contribution >= 4 is 22.5 Å². The number of anilines is 1. The molecule has 0 aliphatic heterocycles. The second-order valence-electron chi connectivity index (χ2n) is 6.64. The minimum atomic E-state index is -0.00429.